The number of benzene rings is 3. The Morgan fingerprint density at radius 2 is 1.72 bits per heavy atom. The van der Waals surface area contributed by atoms with E-state index < -0.39 is 11.2 Å². The quantitative estimate of drug-likeness (QED) is 0.384. The molecule has 0 saturated heterocycles. The van der Waals surface area contributed by atoms with Crippen LogP contribution in [0.1, 0.15) is 12.0 Å². The number of aromatic nitrogens is 3. The van der Waals surface area contributed by atoms with E-state index in [0.29, 0.717) is 15.9 Å². The van der Waals surface area contributed by atoms with Gasteiger partial charge in [-0.3, -0.25) is 9.59 Å². The Labute approximate surface area is 193 Å². The summed E-state index contributed by atoms with van der Waals surface area (Å²) in [5.41, 5.74) is 3.23. The lowest BCUT2D eigenvalue weighted by Gasteiger charge is -2.13. The normalized spacial score (nSPS) is 12.1. The molecule has 0 aliphatic carbocycles. The van der Waals surface area contributed by atoms with Crippen molar-refractivity contribution in [2.24, 2.45) is 0 Å². The van der Waals surface area contributed by atoms with Crippen LogP contribution in [-0.2, 0) is 11.3 Å². The van der Waals surface area contributed by atoms with Gasteiger partial charge in [-0.1, -0.05) is 53.2 Å². The number of hydrogen-bond acceptors (Lipinski definition) is 5. The summed E-state index contributed by atoms with van der Waals surface area (Å²) in [6, 6.07) is 20.6. The molecule has 3 aromatic carbocycles. The highest BCUT2D eigenvalue weighted by molar-refractivity contribution is 8.00. The number of hydrogen-bond donors (Lipinski definition) is 1. The topological polar surface area (TPSA) is 85.1 Å². The number of nitrogens with zero attached hydrogens (tertiary/aromatic N) is 3. The summed E-state index contributed by atoms with van der Waals surface area (Å²) in [6.07, 6.45) is 0.241. The van der Waals surface area contributed by atoms with Crippen LogP contribution in [0.25, 0.3) is 22.0 Å². The maximum atomic E-state index is 12.7. The average molecular weight is 466 g/mol. The van der Waals surface area contributed by atoms with E-state index in [4.69, 9.17) is 11.6 Å². The smallest absolute Gasteiger partial charge is 0.317 e. The number of aliphatic carboxylic acids is 1. The fraction of sp³-hybridized carbons (Fsp3) is 0.167. The number of aryl methyl sites for hydroxylation is 2. The number of carboxylic acids is 1. The zero-order valence-corrected chi connectivity index (χ0v) is 18.8. The van der Waals surface area contributed by atoms with E-state index in [0.717, 1.165) is 21.6 Å². The van der Waals surface area contributed by atoms with E-state index in [2.05, 4.69) is 10.3 Å². The third-order valence-corrected chi connectivity index (χ3v) is 6.66. The molecule has 0 radical (unpaired) electrons. The number of carbonyl (C=O) groups is 1. The Kier molecular flexibility index (Phi) is 6.58. The molecule has 8 heteroatoms. The van der Waals surface area contributed by atoms with Crippen LogP contribution in [-0.4, -0.2) is 31.3 Å². The van der Waals surface area contributed by atoms with Crippen molar-refractivity contribution in [3.63, 3.8) is 0 Å². The zero-order valence-electron chi connectivity index (χ0n) is 17.2. The maximum absolute atomic E-state index is 12.7. The van der Waals surface area contributed by atoms with E-state index in [-0.39, 0.29) is 18.5 Å². The summed E-state index contributed by atoms with van der Waals surface area (Å²) in [4.78, 5) is 25.4. The molecule has 6 nitrogen and oxygen atoms in total. The third-order valence-electron chi connectivity index (χ3n) is 5.14. The van der Waals surface area contributed by atoms with Crippen LogP contribution in [0.5, 0.6) is 0 Å². The minimum Gasteiger partial charge on any atom is -0.480 e. The lowest BCUT2D eigenvalue weighted by molar-refractivity contribution is -0.136. The second-order valence-electron chi connectivity index (χ2n) is 7.35. The molecule has 1 N–H and O–H groups in total. The zero-order chi connectivity index (χ0) is 22.7. The molecule has 1 unspecified atom stereocenters. The number of rotatable bonds is 7. The van der Waals surface area contributed by atoms with Crippen LogP contribution in [0, 0.1) is 6.92 Å². The van der Waals surface area contributed by atoms with Gasteiger partial charge in [-0.05, 0) is 60.4 Å². The molecule has 1 atom stereocenters. The summed E-state index contributed by atoms with van der Waals surface area (Å²) in [7, 11) is 0. The molecule has 162 valence electrons. The fourth-order valence-electron chi connectivity index (χ4n) is 3.39. The van der Waals surface area contributed by atoms with Crippen molar-refractivity contribution >= 4 is 40.2 Å². The first-order chi connectivity index (χ1) is 15.4. The molecule has 0 aliphatic rings. The molecule has 4 rings (SSSR count). The molecular formula is C24H20ClN3O3S. The average Bonchev–Trinajstić information content (AvgIpc) is 2.79. The van der Waals surface area contributed by atoms with Crippen LogP contribution in [0.4, 0.5) is 0 Å². The van der Waals surface area contributed by atoms with E-state index in [1.807, 2.05) is 61.5 Å². The van der Waals surface area contributed by atoms with Crippen molar-refractivity contribution in [3.05, 3.63) is 87.7 Å². The second kappa shape index (κ2) is 9.54. The van der Waals surface area contributed by atoms with Crippen molar-refractivity contribution in [2.45, 2.75) is 30.0 Å². The molecule has 32 heavy (non-hydrogen) atoms. The minimum atomic E-state index is -0.936. The molecule has 0 fully saturated rings. The number of halogens is 1. The van der Waals surface area contributed by atoms with Gasteiger partial charge < -0.3 is 5.11 Å². The van der Waals surface area contributed by atoms with Gasteiger partial charge in [-0.25, -0.2) is 4.68 Å². The van der Waals surface area contributed by atoms with Gasteiger partial charge in [0.25, 0.3) is 5.56 Å². The van der Waals surface area contributed by atoms with Crippen LogP contribution in [0.3, 0.4) is 0 Å². The van der Waals surface area contributed by atoms with Crippen molar-refractivity contribution in [1.29, 1.82) is 0 Å². The van der Waals surface area contributed by atoms with Gasteiger partial charge in [0.2, 0.25) is 0 Å². The van der Waals surface area contributed by atoms with E-state index in [1.54, 1.807) is 12.1 Å². The number of fused-ring (bicyclic) bond motifs is 1. The molecule has 4 aromatic rings. The molecule has 0 bridgehead atoms. The van der Waals surface area contributed by atoms with Gasteiger partial charge in [0.05, 0.1) is 5.39 Å². The summed E-state index contributed by atoms with van der Waals surface area (Å²) in [5.74, 6) is -0.936. The van der Waals surface area contributed by atoms with Crippen LogP contribution in [0.2, 0.25) is 5.02 Å². The number of thioether (sulfide) groups is 1. The predicted molar refractivity (Wildman–Crippen MR) is 127 cm³/mol. The Hall–Kier alpha value is -3.16. The summed E-state index contributed by atoms with van der Waals surface area (Å²) >= 11 is 7.19. The fourth-order valence-corrected chi connectivity index (χ4v) is 4.47. The summed E-state index contributed by atoms with van der Waals surface area (Å²) < 4.78 is 1.24. The first-order valence-electron chi connectivity index (χ1n) is 10.0. The highest BCUT2D eigenvalue weighted by Gasteiger charge is 2.20. The first kappa shape index (κ1) is 22.0. The Morgan fingerprint density at radius 3 is 2.38 bits per heavy atom. The van der Waals surface area contributed by atoms with Crippen LogP contribution >= 0.6 is 23.4 Å². The van der Waals surface area contributed by atoms with Crippen molar-refractivity contribution in [1.82, 2.24) is 15.0 Å². The van der Waals surface area contributed by atoms with Crippen molar-refractivity contribution in [3.8, 4) is 11.1 Å². The van der Waals surface area contributed by atoms with Crippen LogP contribution in [0.15, 0.2) is 76.4 Å². The SMILES string of the molecule is Cc1cccc2c(=O)n(CCC(Sc3ccc(-c4ccc(Cl)cc4)cc3)C(=O)O)nnc12. The van der Waals surface area contributed by atoms with Crippen LogP contribution < -0.4 is 5.56 Å². The minimum absolute atomic E-state index is 0.169. The largest absolute Gasteiger partial charge is 0.480 e. The maximum Gasteiger partial charge on any atom is 0.317 e. The van der Waals surface area contributed by atoms with Gasteiger partial charge in [-0.2, -0.15) is 0 Å². The lowest BCUT2D eigenvalue weighted by Crippen LogP contribution is -2.27. The summed E-state index contributed by atoms with van der Waals surface area (Å²) in [5, 5.41) is 18.3. The third kappa shape index (κ3) is 4.84. The van der Waals surface area contributed by atoms with E-state index >= 15 is 0 Å². The first-order valence-corrected chi connectivity index (χ1v) is 11.3. The molecule has 0 spiro atoms. The monoisotopic (exact) mass is 465 g/mol. The second-order valence-corrected chi connectivity index (χ2v) is 9.07. The van der Waals surface area contributed by atoms with Gasteiger partial charge in [0, 0.05) is 16.5 Å². The highest BCUT2D eigenvalue weighted by Crippen LogP contribution is 2.29. The van der Waals surface area contributed by atoms with Crippen molar-refractivity contribution < 1.29 is 9.90 Å². The highest BCUT2D eigenvalue weighted by atomic mass is 35.5. The predicted octanol–water partition coefficient (Wildman–Crippen LogP) is 5.06. The molecule has 1 heterocycles. The number of carboxylic acid groups (broad SMARTS) is 1. The molecule has 0 saturated carbocycles. The van der Waals surface area contributed by atoms with Crippen molar-refractivity contribution in [2.75, 3.05) is 0 Å². The van der Waals surface area contributed by atoms with E-state index in [1.165, 1.54) is 16.4 Å². The summed E-state index contributed by atoms with van der Waals surface area (Å²) in [6.45, 7) is 2.04. The Bertz CT molecular complexity index is 1320. The molecule has 0 aliphatic heterocycles. The molecule has 1 aromatic heterocycles. The van der Waals surface area contributed by atoms with E-state index in [9.17, 15) is 14.7 Å². The molecule has 0 amide bonds. The molecular weight excluding hydrogens is 446 g/mol. The van der Waals surface area contributed by atoms with Gasteiger partial charge in [0.1, 0.15) is 10.8 Å². The van der Waals surface area contributed by atoms with Gasteiger partial charge >= 0.3 is 5.97 Å². The standard InChI is InChI=1S/C24H20ClN3O3S/c1-15-3-2-4-20-22(15)26-27-28(23(20)29)14-13-21(24(30)31)32-19-11-7-17(8-12-19)16-5-9-18(25)10-6-16/h2-12,21H,13-14H2,1H3,(H,30,31). The Morgan fingerprint density at radius 1 is 1.06 bits per heavy atom. The van der Waals surface area contributed by atoms with Gasteiger partial charge in [-0.15, -0.1) is 16.9 Å². The Balaban J connectivity index is 1.47. The lowest BCUT2D eigenvalue weighted by atomic mass is 10.1. The van der Waals surface area contributed by atoms with Gasteiger partial charge in [0.15, 0.2) is 0 Å².